The van der Waals surface area contributed by atoms with E-state index in [4.69, 9.17) is 9.47 Å². The van der Waals surface area contributed by atoms with Gasteiger partial charge in [-0.2, -0.15) is 0 Å². The Morgan fingerprint density at radius 3 is 2.50 bits per heavy atom. The molecule has 2 aromatic carbocycles. The van der Waals surface area contributed by atoms with Gasteiger partial charge in [-0.15, -0.1) is 11.3 Å². The lowest BCUT2D eigenvalue weighted by molar-refractivity contribution is -0.116. The van der Waals surface area contributed by atoms with E-state index in [0.29, 0.717) is 29.3 Å². The predicted molar refractivity (Wildman–Crippen MR) is 136 cm³/mol. The minimum absolute atomic E-state index is 0.104. The first-order chi connectivity index (χ1) is 16.4. The molecule has 0 aliphatic heterocycles. The van der Waals surface area contributed by atoms with Crippen LogP contribution in [-0.2, 0) is 28.8 Å². The maximum atomic E-state index is 13.0. The van der Waals surface area contributed by atoms with Crippen LogP contribution in [0.25, 0.3) is 0 Å². The van der Waals surface area contributed by atoms with Gasteiger partial charge in [0, 0.05) is 11.3 Å². The molecular formula is C28H31NO4S. The Kier molecular flexibility index (Phi) is 7.68. The van der Waals surface area contributed by atoms with E-state index >= 15 is 0 Å². The van der Waals surface area contributed by atoms with Crippen molar-refractivity contribution in [2.45, 2.75) is 58.0 Å². The Morgan fingerprint density at radius 1 is 1.09 bits per heavy atom. The molecule has 3 aromatic rings. The van der Waals surface area contributed by atoms with Gasteiger partial charge < -0.3 is 14.8 Å². The quantitative estimate of drug-likeness (QED) is 0.394. The molecule has 1 aliphatic carbocycles. The molecule has 0 spiro atoms. The molecule has 6 heteroatoms. The predicted octanol–water partition coefficient (Wildman–Crippen LogP) is 6.17. The summed E-state index contributed by atoms with van der Waals surface area (Å²) in [6.07, 6.45) is 3.37. The average molecular weight is 478 g/mol. The van der Waals surface area contributed by atoms with E-state index in [9.17, 15) is 9.59 Å². The fraction of sp³-hybridized carbons (Fsp3) is 0.357. The van der Waals surface area contributed by atoms with E-state index in [-0.39, 0.29) is 18.0 Å². The first-order valence-electron chi connectivity index (χ1n) is 11.8. The standard InChI is InChI=1S/C28H31NO4S/c1-18(2)33-28(31)26-23-15-12-21(20-7-5-4-6-8-20)17-24(23)34-27(26)29-25(30)16-11-19-9-13-22(32-3)14-10-19/h4-10,13-14,18,21H,11-12,15-17H2,1-3H3,(H,29,30). The third-order valence-electron chi connectivity index (χ3n) is 6.14. The third-order valence-corrected chi connectivity index (χ3v) is 7.31. The summed E-state index contributed by atoms with van der Waals surface area (Å²) in [6.45, 7) is 3.69. The van der Waals surface area contributed by atoms with Gasteiger partial charge in [-0.25, -0.2) is 4.79 Å². The van der Waals surface area contributed by atoms with Gasteiger partial charge in [0.1, 0.15) is 10.8 Å². The van der Waals surface area contributed by atoms with Crippen molar-refractivity contribution in [1.82, 2.24) is 0 Å². The van der Waals surface area contributed by atoms with E-state index in [1.54, 1.807) is 7.11 Å². The Balaban J connectivity index is 1.51. The van der Waals surface area contributed by atoms with Gasteiger partial charge >= 0.3 is 5.97 Å². The number of amides is 1. The van der Waals surface area contributed by atoms with Crippen LogP contribution in [0.2, 0.25) is 0 Å². The number of hydrogen-bond acceptors (Lipinski definition) is 5. The van der Waals surface area contributed by atoms with Crippen molar-refractivity contribution >= 4 is 28.2 Å². The largest absolute Gasteiger partial charge is 0.497 e. The molecule has 0 fully saturated rings. The number of carbonyl (C=O) groups is 2. The molecule has 34 heavy (non-hydrogen) atoms. The molecule has 1 aliphatic rings. The zero-order valence-corrected chi connectivity index (χ0v) is 20.7. The minimum Gasteiger partial charge on any atom is -0.497 e. The maximum absolute atomic E-state index is 13.0. The van der Waals surface area contributed by atoms with Crippen molar-refractivity contribution in [2.75, 3.05) is 12.4 Å². The monoisotopic (exact) mass is 477 g/mol. The molecule has 0 saturated carbocycles. The SMILES string of the molecule is COc1ccc(CCC(=O)Nc2sc3c(c2C(=O)OC(C)C)CCC(c2ccccc2)C3)cc1. The first kappa shape index (κ1) is 24.0. The summed E-state index contributed by atoms with van der Waals surface area (Å²) in [7, 11) is 1.63. The smallest absolute Gasteiger partial charge is 0.341 e. The maximum Gasteiger partial charge on any atom is 0.341 e. The molecule has 1 aromatic heterocycles. The molecule has 1 heterocycles. The zero-order valence-electron chi connectivity index (χ0n) is 19.9. The van der Waals surface area contributed by atoms with Crippen LogP contribution in [0.1, 0.15) is 64.5 Å². The summed E-state index contributed by atoms with van der Waals surface area (Å²) < 4.78 is 10.7. The number of aryl methyl sites for hydroxylation is 1. The number of esters is 1. The van der Waals surface area contributed by atoms with Crippen molar-refractivity contribution in [3.63, 3.8) is 0 Å². The van der Waals surface area contributed by atoms with Gasteiger partial charge in [0.25, 0.3) is 0 Å². The van der Waals surface area contributed by atoms with Crippen molar-refractivity contribution in [2.24, 2.45) is 0 Å². The van der Waals surface area contributed by atoms with Crippen molar-refractivity contribution < 1.29 is 19.1 Å². The summed E-state index contributed by atoms with van der Waals surface area (Å²) in [6, 6.07) is 18.2. The van der Waals surface area contributed by atoms with E-state index in [1.165, 1.54) is 21.8 Å². The topological polar surface area (TPSA) is 64.6 Å². The Labute approximate surface area is 205 Å². The summed E-state index contributed by atoms with van der Waals surface area (Å²) in [5.74, 6) is 0.753. The summed E-state index contributed by atoms with van der Waals surface area (Å²) in [4.78, 5) is 27.0. The van der Waals surface area contributed by atoms with E-state index in [2.05, 4.69) is 29.6 Å². The number of rotatable bonds is 8. The molecule has 1 N–H and O–H groups in total. The lowest BCUT2D eigenvalue weighted by atomic mass is 9.83. The molecule has 0 saturated heterocycles. The van der Waals surface area contributed by atoms with Gasteiger partial charge in [0.05, 0.1) is 18.8 Å². The summed E-state index contributed by atoms with van der Waals surface area (Å²) in [5.41, 5.74) is 3.95. The van der Waals surface area contributed by atoms with Gasteiger partial charge in [0.2, 0.25) is 5.91 Å². The molecule has 4 rings (SSSR count). The number of fused-ring (bicyclic) bond motifs is 1. The van der Waals surface area contributed by atoms with Crippen molar-refractivity contribution in [1.29, 1.82) is 0 Å². The zero-order chi connectivity index (χ0) is 24.1. The Hall–Kier alpha value is -3.12. The third kappa shape index (κ3) is 5.68. The minimum atomic E-state index is -0.351. The second-order valence-electron chi connectivity index (χ2n) is 8.91. The molecule has 0 bridgehead atoms. The highest BCUT2D eigenvalue weighted by atomic mass is 32.1. The number of ether oxygens (including phenoxy) is 2. The van der Waals surface area contributed by atoms with Crippen LogP contribution in [0.15, 0.2) is 54.6 Å². The van der Waals surface area contributed by atoms with Gasteiger partial charge in [-0.1, -0.05) is 42.5 Å². The van der Waals surface area contributed by atoms with Crippen molar-refractivity contribution in [3.05, 3.63) is 81.7 Å². The highest BCUT2D eigenvalue weighted by molar-refractivity contribution is 7.17. The number of carbonyl (C=O) groups excluding carboxylic acids is 2. The fourth-order valence-corrected chi connectivity index (χ4v) is 5.74. The number of hydrogen-bond donors (Lipinski definition) is 1. The Bertz CT molecular complexity index is 1140. The number of benzene rings is 2. The molecule has 5 nitrogen and oxygen atoms in total. The van der Waals surface area contributed by atoms with Gasteiger partial charge in [-0.3, -0.25) is 4.79 Å². The van der Waals surface area contributed by atoms with Crippen LogP contribution in [0.4, 0.5) is 5.00 Å². The molecular weight excluding hydrogens is 446 g/mol. The van der Waals surface area contributed by atoms with Gasteiger partial charge in [0.15, 0.2) is 0 Å². The van der Waals surface area contributed by atoms with Crippen LogP contribution < -0.4 is 10.1 Å². The highest BCUT2D eigenvalue weighted by Crippen LogP contribution is 2.43. The Morgan fingerprint density at radius 2 is 1.82 bits per heavy atom. The summed E-state index contributed by atoms with van der Waals surface area (Å²) in [5, 5.41) is 3.64. The number of thiophene rings is 1. The number of nitrogens with one attached hydrogen (secondary N) is 1. The van der Waals surface area contributed by atoms with Crippen LogP contribution in [0, 0.1) is 0 Å². The summed E-state index contributed by atoms with van der Waals surface area (Å²) >= 11 is 1.52. The van der Waals surface area contributed by atoms with Gasteiger partial charge in [-0.05, 0) is 74.3 Å². The molecule has 0 radical (unpaired) electrons. The van der Waals surface area contributed by atoms with Crippen LogP contribution >= 0.6 is 11.3 Å². The molecule has 1 unspecified atom stereocenters. The van der Waals surface area contributed by atoms with Crippen LogP contribution in [0.5, 0.6) is 5.75 Å². The van der Waals surface area contributed by atoms with Crippen molar-refractivity contribution in [3.8, 4) is 5.75 Å². The second kappa shape index (κ2) is 10.9. The molecule has 178 valence electrons. The van der Waals surface area contributed by atoms with Crippen LogP contribution in [-0.4, -0.2) is 25.1 Å². The first-order valence-corrected chi connectivity index (χ1v) is 12.6. The normalized spacial score (nSPS) is 15.0. The lowest BCUT2D eigenvalue weighted by Crippen LogP contribution is -2.19. The fourth-order valence-electron chi connectivity index (χ4n) is 4.41. The van der Waals surface area contributed by atoms with E-state index in [1.807, 2.05) is 44.2 Å². The number of anilines is 1. The average Bonchev–Trinajstić information content (AvgIpc) is 3.20. The number of methoxy groups -OCH3 is 1. The second-order valence-corrected chi connectivity index (χ2v) is 10.0. The van der Waals surface area contributed by atoms with E-state index < -0.39 is 0 Å². The van der Waals surface area contributed by atoms with Crippen LogP contribution in [0.3, 0.4) is 0 Å². The highest BCUT2D eigenvalue weighted by Gasteiger charge is 2.31. The lowest BCUT2D eigenvalue weighted by Gasteiger charge is -2.23. The molecule has 1 atom stereocenters. The van der Waals surface area contributed by atoms with E-state index in [0.717, 1.165) is 36.1 Å². The molecule has 1 amide bonds.